The van der Waals surface area contributed by atoms with Crippen LogP contribution in [0.4, 0.5) is 13.2 Å². The predicted molar refractivity (Wildman–Crippen MR) is 193 cm³/mol. The SMILES string of the molecule is CCc1ccc(OC(CCN(C)C)c2cccnc2)cc1.CN(C)CCC(Oc1ccc(C(F)(F)F)cc1)c1ccccn1.O=C(O)/C=C\C(=O)O. The lowest BCUT2D eigenvalue weighted by Gasteiger charge is -2.21. The number of alkyl halides is 3. The Labute approximate surface area is 303 Å². The van der Waals surface area contributed by atoms with Gasteiger partial charge < -0.3 is 29.5 Å². The van der Waals surface area contributed by atoms with Crippen LogP contribution in [0.15, 0.2) is 110 Å². The smallest absolute Gasteiger partial charge is 0.416 e. The van der Waals surface area contributed by atoms with Gasteiger partial charge in [0.15, 0.2) is 0 Å². The van der Waals surface area contributed by atoms with Crippen molar-refractivity contribution in [2.75, 3.05) is 41.3 Å². The fourth-order valence-corrected chi connectivity index (χ4v) is 4.44. The van der Waals surface area contributed by atoms with E-state index in [1.807, 2.05) is 49.5 Å². The van der Waals surface area contributed by atoms with E-state index in [-0.39, 0.29) is 12.2 Å². The minimum atomic E-state index is -4.34. The van der Waals surface area contributed by atoms with Crippen LogP contribution in [0.5, 0.6) is 11.5 Å². The van der Waals surface area contributed by atoms with Gasteiger partial charge in [0.2, 0.25) is 0 Å². The van der Waals surface area contributed by atoms with E-state index in [4.69, 9.17) is 19.7 Å². The first-order chi connectivity index (χ1) is 24.7. The van der Waals surface area contributed by atoms with E-state index < -0.39 is 23.7 Å². The van der Waals surface area contributed by atoms with Gasteiger partial charge >= 0.3 is 18.1 Å². The van der Waals surface area contributed by atoms with Crippen molar-refractivity contribution in [3.63, 3.8) is 0 Å². The number of rotatable bonds is 15. The molecule has 0 saturated heterocycles. The molecule has 2 aromatic carbocycles. The number of halogens is 3. The number of aromatic nitrogens is 2. The van der Waals surface area contributed by atoms with Crippen molar-refractivity contribution >= 4 is 11.9 Å². The highest BCUT2D eigenvalue weighted by Crippen LogP contribution is 2.32. The largest absolute Gasteiger partial charge is 0.486 e. The third kappa shape index (κ3) is 17.6. The molecule has 2 unspecified atom stereocenters. The summed E-state index contributed by atoms with van der Waals surface area (Å²) in [5.41, 5.74) is 2.52. The summed E-state index contributed by atoms with van der Waals surface area (Å²) in [5, 5.41) is 15.6. The molecule has 0 aliphatic carbocycles. The summed E-state index contributed by atoms with van der Waals surface area (Å²) in [6, 6.07) is 22.7. The fourth-order valence-electron chi connectivity index (χ4n) is 4.44. The van der Waals surface area contributed by atoms with Crippen molar-refractivity contribution in [1.82, 2.24) is 19.8 Å². The molecule has 2 aromatic heterocycles. The molecule has 0 saturated carbocycles. The van der Waals surface area contributed by atoms with Crippen LogP contribution in [-0.4, -0.2) is 83.2 Å². The van der Waals surface area contributed by atoms with Crippen molar-refractivity contribution in [3.05, 3.63) is 132 Å². The molecular formula is C39H47F3N4O6. The topological polar surface area (TPSA) is 125 Å². The highest BCUT2D eigenvalue weighted by molar-refractivity contribution is 5.89. The molecule has 0 bridgehead atoms. The van der Waals surface area contributed by atoms with Crippen LogP contribution in [0.25, 0.3) is 0 Å². The summed E-state index contributed by atoms with van der Waals surface area (Å²) in [6.45, 7) is 3.92. The van der Waals surface area contributed by atoms with Gasteiger partial charge in [-0.1, -0.05) is 31.2 Å². The Morgan fingerprint density at radius 2 is 1.29 bits per heavy atom. The number of carboxylic acids is 2. The normalized spacial score (nSPS) is 12.3. The van der Waals surface area contributed by atoms with E-state index in [0.29, 0.717) is 24.3 Å². The fraction of sp³-hybridized carbons (Fsp3) is 0.333. The summed E-state index contributed by atoms with van der Waals surface area (Å²) in [7, 11) is 8.06. The highest BCUT2D eigenvalue weighted by Gasteiger charge is 2.30. The molecule has 52 heavy (non-hydrogen) atoms. The first kappa shape index (κ1) is 42.9. The van der Waals surface area contributed by atoms with Crippen LogP contribution in [0.1, 0.15) is 54.4 Å². The number of carboxylic acid groups (broad SMARTS) is 2. The third-order valence-corrected chi connectivity index (χ3v) is 7.19. The van der Waals surface area contributed by atoms with E-state index in [1.165, 1.54) is 17.7 Å². The molecule has 0 fully saturated rings. The quantitative estimate of drug-likeness (QED) is 0.118. The predicted octanol–water partition coefficient (Wildman–Crippen LogP) is 7.60. The molecule has 2 N–H and O–H groups in total. The van der Waals surface area contributed by atoms with Crippen molar-refractivity contribution < 1.29 is 42.4 Å². The molecule has 280 valence electrons. The van der Waals surface area contributed by atoms with E-state index >= 15 is 0 Å². The van der Waals surface area contributed by atoms with Gasteiger partial charge in [-0.3, -0.25) is 9.97 Å². The summed E-state index contributed by atoms with van der Waals surface area (Å²) in [5.74, 6) is -1.20. The van der Waals surface area contributed by atoms with Crippen LogP contribution < -0.4 is 9.47 Å². The lowest BCUT2D eigenvalue weighted by Crippen LogP contribution is -2.19. The van der Waals surface area contributed by atoms with Gasteiger partial charge in [-0.15, -0.1) is 0 Å². The van der Waals surface area contributed by atoms with Crippen LogP contribution in [-0.2, 0) is 22.2 Å². The number of pyridine rings is 2. The van der Waals surface area contributed by atoms with E-state index in [0.717, 1.165) is 55.1 Å². The number of aliphatic carboxylic acids is 2. The summed E-state index contributed by atoms with van der Waals surface area (Å²) < 4.78 is 49.8. The van der Waals surface area contributed by atoms with Crippen molar-refractivity contribution in [2.24, 2.45) is 0 Å². The van der Waals surface area contributed by atoms with Crippen LogP contribution in [0.3, 0.4) is 0 Å². The average molecular weight is 725 g/mol. The molecule has 0 radical (unpaired) electrons. The van der Waals surface area contributed by atoms with Gasteiger partial charge in [0.25, 0.3) is 0 Å². The zero-order valence-corrected chi connectivity index (χ0v) is 30.0. The standard InChI is InChI=1S/C18H24N2O.C17H19F3N2O.C4H4O4/c1-4-15-7-9-17(10-8-15)21-18(11-13-20(2)3)16-6-5-12-19-14-16;1-22(2)12-10-16(15-5-3-4-11-21-15)23-14-8-6-13(7-9-14)17(18,19)20;5-3(6)1-2-4(7)8/h5-10,12,14,18H,4,11,13H2,1-3H3;3-9,11,16H,10,12H2,1-2H3;1-2H,(H,5,6)(H,7,8)/b;;2-1-. The van der Waals surface area contributed by atoms with Crippen LogP contribution in [0, 0.1) is 0 Å². The number of aryl methyl sites for hydroxylation is 1. The third-order valence-electron chi connectivity index (χ3n) is 7.19. The number of hydrogen-bond acceptors (Lipinski definition) is 8. The van der Waals surface area contributed by atoms with Crippen molar-refractivity contribution in [1.29, 1.82) is 0 Å². The monoisotopic (exact) mass is 724 g/mol. The molecular weight excluding hydrogens is 677 g/mol. The average Bonchev–Trinajstić information content (AvgIpc) is 3.12. The highest BCUT2D eigenvalue weighted by atomic mass is 19.4. The molecule has 0 spiro atoms. The zero-order valence-electron chi connectivity index (χ0n) is 30.0. The number of hydrogen-bond donors (Lipinski definition) is 2. The van der Waals surface area contributed by atoms with Gasteiger partial charge in [-0.25, -0.2) is 9.59 Å². The number of nitrogens with zero attached hydrogens (tertiary/aromatic N) is 4. The maximum absolute atomic E-state index is 12.6. The number of benzene rings is 2. The van der Waals surface area contributed by atoms with Crippen LogP contribution >= 0.6 is 0 Å². The number of carbonyl (C=O) groups is 2. The molecule has 13 heteroatoms. The zero-order chi connectivity index (χ0) is 38.5. The second kappa shape index (κ2) is 22.5. The summed E-state index contributed by atoms with van der Waals surface area (Å²) in [4.78, 5) is 31.8. The second-order valence-electron chi connectivity index (χ2n) is 12.0. The molecule has 0 aliphatic rings. The molecule has 2 atom stereocenters. The Hall–Kier alpha value is -5.27. The molecule has 4 aromatic rings. The summed E-state index contributed by atoms with van der Waals surface area (Å²) in [6.07, 6.45) is 4.53. The lowest BCUT2D eigenvalue weighted by molar-refractivity contribution is -0.137. The molecule has 0 amide bonds. The van der Waals surface area contributed by atoms with Gasteiger partial charge in [-0.2, -0.15) is 13.2 Å². The minimum absolute atomic E-state index is 0.0357. The van der Waals surface area contributed by atoms with Gasteiger partial charge in [0, 0.05) is 62.2 Å². The summed E-state index contributed by atoms with van der Waals surface area (Å²) >= 11 is 0. The van der Waals surface area contributed by atoms with Crippen LogP contribution in [0.2, 0.25) is 0 Å². The van der Waals surface area contributed by atoms with Gasteiger partial charge in [0.1, 0.15) is 23.7 Å². The first-order valence-electron chi connectivity index (χ1n) is 16.5. The Morgan fingerprint density at radius 1 is 0.750 bits per heavy atom. The number of ether oxygens (including phenoxy) is 2. The van der Waals surface area contributed by atoms with Crippen molar-refractivity contribution in [3.8, 4) is 11.5 Å². The Kier molecular flexibility index (Phi) is 18.6. The molecule has 4 rings (SSSR count). The maximum Gasteiger partial charge on any atom is 0.416 e. The van der Waals surface area contributed by atoms with E-state index in [9.17, 15) is 22.8 Å². The van der Waals surface area contributed by atoms with Gasteiger partial charge in [-0.05, 0) is 94.8 Å². The Bertz CT molecular complexity index is 1600. The molecule has 0 aliphatic heterocycles. The maximum atomic E-state index is 12.6. The van der Waals surface area contributed by atoms with Crippen molar-refractivity contribution in [2.45, 2.75) is 44.6 Å². The Morgan fingerprint density at radius 3 is 1.73 bits per heavy atom. The molecule has 2 heterocycles. The second-order valence-corrected chi connectivity index (χ2v) is 12.0. The van der Waals surface area contributed by atoms with E-state index in [2.05, 4.69) is 66.2 Å². The minimum Gasteiger partial charge on any atom is -0.486 e. The Balaban J connectivity index is 0.000000300. The molecule has 10 nitrogen and oxygen atoms in total. The van der Waals surface area contributed by atoms with Gasteiger partial charge in [0.05, 0.1) is 11.3 Å². The van der Waals surface area contributed by atoms with E-state index in [1.54, 1.807) is 12.4 Å². The first-order valence-corrected chi connectivity index (χ1v) is 16.5. The lowest BCUT2D eigenvalue weighted by atomic mass is 10.1.